The first-order valence-electron chi connectivity index (χ1n) is 8.04. The number of aryl methyl sites for hydroxylation is 2. The molecule has 24 heavy (non-hydrogen) atoms. The fourth-order valence-electron chi connectivity index (χ4n) is 2.82. The summed E-state index contributed by atoms with van der Waals surface area (Å²) in [6.07, 6.45) is 0. The highest BCUT2D eigenvalue weighted by Crippen LogP contribution is 2.30. The van der Waals surface area contributed by atoms with Crippen molar-refractivity contribution in [2.75, 3.05) is 6.61 Å². The molecule has 0 aliphatic rings. The maximum atomic E-state index is 12.1. The van der Waals surface area contributed by atoms with E-state index in [1.54, 1.807) is 6.92 Å². The standard InChI is InChI=1S/C20H21NO3/c1-4-23-20(22)18-12-16-14(2)19(11-10-17(16)21(18)3)24-13-15-8-6-5-7-9-15/h5-12H,4,13H2,1-3H3. The van der Waals surface area contributed by atoms with Crippen molar-refractivity contribution in [1.29, 1.82) is 0 Å². The molecule has 0 amide bonds. The Bertz CT molecular complexity index is 865. The summed E-state index contributed by atoms with van der Waals surface area (Å²) >= 11 is 0. The molecule has 0 atom stereocenters. The topological polar surface area (TPSA) is 40.5 Å². The SMILES string of the molecule is CCOC(=O)c1cc2c(C)c(OCc3ccccc3)ccc2n1C. The lowest BCUT2D eigenvalue weighted by molar-refractivity contribution is 0.0516. The van der Waals surface area contributed by atoms with Gasteiger partial charge in [0.15, 0.2) is 0 Å². The second-order valence-electron chi connectivity index (χ2n) is 5.70. The van der Waals surface area contributed by atoms with Crippen molar-refractivity contribution in [2.24, 2.45) is 7.05 Å². The molecule has 124 valence electrons. The van der Waals surface area contributed by atoms with E-state index < -0.39 is 0 Å². The second-order valence-corrected chi connectivity index (χ2v) is 5.70. The summed E-state index contributed by atoms with van der Waals surface area (Å²) in [4.78, 5) is 12.1. The van der Waals surface area contributed by atoms with Crippen molar-refractivity contribution < 1.29 is 14.3 Å². The number of hydrogen-bond acceptors (Lipinski definition) is 3. The molecule has 1 heterocycles. The average Bonchev–Trinajstić information content (AvgIpc) is 2.93. The largest absolute Gasteiger partial charge is 0.489 e. The molecular weight excluding hydrogens is 302 g/mol. The van der Waals surface area contributed by atoms with Crippen LogP contribution in [0.25, 0.3) is 10.9 Å². The summed E-state index contributed by atoms with van der Waals surface area (Å²) in [5.41, 5.74) is 3.68. The Hall–Kier alpha value is -2.75. The van der Waals surface area contributed by atoms with Gasteiger partial charge < -0.3 is 14.0 Å². The van der Waals surface area contributed by atoms with Gasteiger partial charge in [0.25, 0.3) is 0 Å². The molecule has 0 aliphatic heterocycles. The molecular formula is C20H21NO3. The molecule has 0 N–H and O–H groups in total. The van der Waals surface area contributed by atoms with Crippen molar-refractivity contribution in [2.45, 2.75) is 20.5 Å². The van der Waals surface area contributed by atoms with Crippen LogP contribution in [0, 0.1) is 6.92 Å². The highest BCUT2D eigenvalue weighted by Gasteiger charge is 2.17. The first-order chi connectivity index (χ1) is 11.6. The third-order valence-corrected chi connectivity index (χ3v) is 4.17. The minimum Gasteiger partial charge on any atom is -0.489 e. The molecule has 0 aliphatic carbocycles. The zero-order valence-electron chi connectivity index (χ0n) is 14.2. The van der Waals surface area contributed by atoms with Crippen LogP contribution in [-0.2, 0) is 18.4 Å². The Morgan fingerprint density at radius 2 is 1.88 bits per heavy atom. The molecule has 4 nitrogen and oxygen atoms in total. The lowest BCUT2D eigenvalue weighted by Crippen LogP contribution is -2.09. The molecule has 0 radical (unpaired) electrons. The van der Waals surface area contributed by atoms with Crippen molar-refractivity contribution in [3.63, 3.8) is 0 Å². The second kappa shape index (κ2) is 6.79. The van der Waals surface area contributed by atoms with Gasteiger partial charge in [-0.1, -0.05) is 30.3 Å². The molecule has 0 saturated heterocycles. The normalized spacial score (nSPS) is 10.8. The van der Waals surface area contributed by atoms with E-state index >= 15 is 0 Å². The fourth-order valence-corrected chi connectivity index (χ4v) is 2.82. The van der Waals surface area contributed by atoms with Crippen molar-refractivity contribution in [3.8, 4) is 5.75 Å². The lowest BCUT2D eigenvalue weighted by atomic mass is 10.1. The number of carbonyl (C=O) groups is 1. The van der Waals surface area contributed by atoms with Gasteiger partial charge in [-0.2, -0.15) is 0 Å². The minimum atomic E-state index is -0.303. The van der Waals surface area contributed by atoms with Crippen LogP contribution in [0.2, 0.25) is 0 Å². The fraction of sp³-hybridized carbons (Fsp3) is 0.250. The van der Waals surface area contributed by atoms with Crippen LogP contribution in [0.15, 0.2) is 48.5 Å². The monoisotopic (exact) mass is 323 g/mol. The van der Waals surface area contributed by atoms with Crippen LogP contribution >= 0.6 is 0 Å². The van der Waals surface area contributed by atoms with Gasteiger partial charge in [-0.3, -0.25) is 0 Å². The first-order valence-corrected chi connectivity index (χ1v) is 8.04. The van der Waals surface area contributed by atoms with Crippen LogP contribution in [-0.4, -0.2) is 17.1 Å². The summed E-state index contributed by atoms with van der Waals surface area (Å²) in [6, 6.07) is 15.9. The zero-order valence-corrected chi connectivity index (χ0v) is 14.2. The molecule has 0 saturated carbocycles. The number of esters is 1. The van der Waals surface area contributed by atoms with Crippen LogP contribution in [0.3, 0.4) is 0 Å². The van der Waals surface area contributed by atoms with Crippen LogP contribution in [0.4, 0.5) is 0 Å². The van der Waals surface area contributed by atoms with Crippen LogP contribution in [0.5, 0.6) is 5.75 Å². The summed E-state index contributed by atoms with van der Waals surface area (Å²) in [5.74, 6) is 0.523. The zero-order chi connectivity index (χ0) is 17.1. The van der Waals surface area contributed by atoms with Gasteiger partial charge in [0.05, 0.1) is 6.61 Å². The molecule has 3 aromatic rings. The van der Waals surface area contributed by atoms with E-state index in [0.717, 1.165) is 27.8 Å². The quantitative estimate of drug-likeness (QED) is 0.659. The average molecular weight is 323 g/mol. The van der Waals surface area contributed by atoms with Gasteiger partial charge in [0, 0.05) is 23.5 Å². The number of nitrogens with zero attached hydrogens (tertiary/aromatic N) is 1. The predicted molar refractivity (Wildman–Crippen MR) is 94.4 cm³/mol. The molecule has 2 aromatic carbocycles. The van der Waals surface area contributed by atoms with Crippen molar-refractivity contribution in [3.05, 3.63) is 65.4 Å². The van der Waals surface area contributed by atoms with E-state index in [0.29, 0.717) is 18.9 Å². The lowest BCUT2D eigenvalue weighted by Gasteiger charge is -2.10. The van der Waals surface area contributed by atoms with Gasteiger partial charge in [0.2, 0.25) is 0 Å². The van der Waals surface area contributed by atoms with Crippen molar-refractivity contribution in [1.82, 2.24) is 4.57 Å². The smallest absolute Gasteiger partial charge is 0.354 e. The molecule has 1 aromatic heterocycles. The maximum absolute atomic E-state index is 12.1. The summed E-state index contributed by atoms with van der Waals surface area (Å²) in [5, 5.41) is 1.01. The molecule has 0 bridgehead atoms. The summed E-state index contributed by atoms with van der Waals surface area (Å²) in [6.45, 7) is 4.70. The van der Waals surface area contributed by atoms with Gasteiger partial charge >= 0.3 is 5.97 Å². The number of benzene rings is 2. The molecule has 0 spiro atoms. The highest BCUT2D eigenvalue weighted by atomic mass is 16.5. The van der Waals surface area contributed by atoms with E-state index in [1.165, 1.54) is 0 Å². The van der Waals surface area contributed by atoms with Gasteiger partial charge in [-0.25, -0.2) is 4.79 Å². The van der Waals surface area contributed by atoms with E-state index in [-0.39, 0.29) is 5.97 Å². The molecule has 4 heteroatoms. The molecule has 3 rings (SSSR count). The number of aromatic nitrogens is 1. The third-order valence-electron chi connectivity index (χ3n) is 4.17. The Kier molecular flexibility index (Phi) is 4.56. The summed E-state index contributed by atoms with van der Waals surface area (Å²) in [7, 11) is 1.87. The number of rotatable bonds is 5. The Morgan fingerprint density at radius 1 is 1.12 bits per heavy atom. The van der Waals surface area contributed by atoms with E-state index in [4.69, 9.17) is 9.47 Å². The number of carbonyl (C=O) groups excluding carboxylic acids is 1. The maximum Gasteiger partial charge on any atom is 0.354 e. The van der Waals surface area contributed by atoms with E-state index in [9.17, 15) is 4.79 Å². The number of ether oxygens (including phenoxy) is 2. The van der Waals surface area contributed by atoms with Crippen LogP contribution in [0.1, 0.15) is 28.5 Å². The highest BCUT2D eigenvalue weighted by molar-refractivity contribution is 5.97. The van der Waals surface area contributed by atoms with E-state index in [1.807, 2.05) is 67.1 Å². The molecule has 0 unspecified atom stereocenters. The van der Waals surface area contributed by atoms with Crippen LogP contribution < -0.4 is 4.74 Å². The predicted octanol–water partition coefficient (Wildman–Crippen LogP) is 4.24. The van der Waals surface area contributed by atoms with Gasteiger partial charge in [-0.05, 0) is 37.6 Å². The molecule has 0 fully saturated rings. The van der Waals surface area contributed by atoms with Gasteiger partial charge in [0.1, 0.15) is 18.1 Å². The van der Waals surface area contributed by atoms with Crippen molar-refractivity contribution >= 4 is 16.9 Å². The minimum absolute atomic E-state index is 0.303. The van der Waals surface area contributed by atoms with E-state index in [2.05, 4.69) is 0 Å². The Balaban J connectivity index is 1.91. The Morgan fingerprint density at radius 3 is 2.58 bits per heavy atom. The Labute approximate surface area is 141 Å². The number of fused-ring (bicyclic) bond motifs is 1. The first kappa shape index (κ1) is 16.1. The third kappa shape index (κ3) is 3.00. The number of hydrogen-bond donors (Lipinski definition) is 0. The summed E-state index contributed by atoms with van der Waals surface area (Å²) < 4.78 is 12.9. The van der Waals surface area contributed by atoms with Gasteiger partial charge in [-0.15, -0.1) is 0 Å².